The molecule has 3 unspecified atom stereocenters. The molecular weight excluding hydrogens is 156 g/mol. The monoisotopic (exact) mass is 176 g/mol. The Morgan fingerprint density at radius 3 is 2.54 bits per heavy atom. The fourth-order valence-electron chi connectivity index (χ4n) is 2.58. The highest BCUT2D eigenvalue weighted by molar-refractivity contribution is 5.02. The highest BCUT2D eigenvalue weighted by Crippen LogP contribution is 2.34. The Labute approximate surface area is 81.7 Å². The lowest BCUT2D eigenvalue weighted by Crippen LogP contribution is -2.17. The Morgan fingerprint density at radius 1 is 1.00 bits per heavy atom. The van der Waals surface area contributed by atoms with Crippen molar-refractivity contribution >= 4 is 0 Å². The number of allylic oxidation sites excluding steroid dienone is 4. The van der Waals surface area contributed by atoms with Gasteiger partial charge in [0.15, 0.2) is 0 Å². The quantitative estimate of drug-likeness (QED) is 0.531. The van der Waals surface area contributed by atoms with Gasteiger partial charge in [-0.2, -0.15) is 0 Å². The summed E-state index contributed by atoms with van der Waals surface area (Å²) in [5, 5.41) is 0. The average molecular weight is 176 g/mol. The van der Waals surface area contributed by atoms with E-state index in [-0.39, 0.29) is 0 Å². The summed E-state index contributed by atoms with van der Waals surface area (Å²) in [5.74, 6) is 2.67. The molecule has 3 atom stereocenters. The number of rotatable bonds is 1. The summed E-state index contributed by atoms with van der Waals surface area (Å²) in [6.45, 7) is 2.33. The largest absolute Gasteiger partial charge is 0.0885 e. The van der Waals surface area contributed by atoms with E-state index in [0.29, 0.717) is 0 Å². The Bertz CT molecular complexity index is 212. The standard InChI is InChI=1S/C13H20/c1-11-7-9-13(10-8-11)12-5-3-2-4-6-12/h2-3,7,9,11-13H,4-6,8,10H2,1H3. The molecule has 0 spiro atoms. The summed E-state index contributed by atoms with van der Waals surface area (Å²) in [6.07, 6.45) is 16.5. The molecule has 0 aromatic rings. The van der Waals surface area contributed by atoms with Crippen molar-refractivity contribution < 1.29 is 0 Å². The van der Waals surface area contributed by atoms with E-state index in [4.69, 9.17) is 0 Å². The van der Waals surface area contributed by atoms with E-state index in [1.807, 2.05) is 0 Å². The second-order valence-electron chi connectivity index (χ2n) is 4.65. The van der Waals surface area contributed by atoms with Gasteiger partial charge in [0.2, 0.25) is 0 Å². The zero-order valence-electron chi connectivity index (χ0n) is 8.58. The molecule has 0 saturated heterocycles. The van der Waals surface area contributed by atoms with Crippen LogP contribution in [-0.4, -0.2) is 0 Å². The Kier molecular flexibility index (Phi) is 2.87. The molecule has 13 heavy (non-hydrogen) atoms. The molecule has 0 amide bonds. The maximum atomic E-state index is 2.48. The zero-order chi connectivity index (χ0) is 9.10. The van der Waals surface area contributed by atoms with Crippen molar-refractivity contribution in [3.05, 3.63) is 24.3 Å². The molecule has 0 fully saturated rings. The van der Waals surface area contributed by atoms with Crippen LogP contribution in [-0.2, 0) is 0 Å². The topological polar surface area (TPSA) is 0 Å². The molecule has 0 aromatic heterocycles. The van der Waals surface area contributed by atoms with Gasteiger partial charge in [0, 0.05) is 0 Å². The number of hydrogen-bond acceptors (Lipinski definition) is 0. The van der Waals surface area contributed by atoms with Crippen LogP contribution < -0.4 is 0 Å². The predicted octanol–water partition coefficient (Wildman–Crippen LogP) is 3.95. The van der Waals surface area contributed by atoms with Gasteiger partial charge >= 0.3 is 0 Å². The van der Waals surface area contributed by atoms with Crippen molar-refractivity contribution in [3.8, 4) is 0 Å². The number of hydrogen-bond donors (Lipinski definition) is 0. The molecule has 2 aliphatic carbocycles. The van der Waals surface area contributed by atoms with Crippen LogP contribution in [0.25, 0.3) is 0 Å². The summed E-state index contributed by atoms with van der Waals surface area (Å²) in [4.78, 5) is 0. The minimum Gasteiger partial charge on any atom is -0.0885 e. The SMILES string of the molecule is CC1C=CC(C2CC=CCC2)CC1. The fraction of sp³-hybridized carbons (Fsp3) is 0.692. The Morgan fingerprint density at radius 2 is 1.92 bits per heavy atom. The van der Waals surface area contributed by atoms with Crippen molar-refractivity contribution in [1.29, 1.82) is 0 Å². The lowest BCUT2D eigenvalue weighted by molar-refractivity contribution is 0.318. The molecule has 0 heterocycles. The first-order valence-electron chi connectivity index (χ1n) is 5.69. The van der Waals surface area contributed by atoms with Crippen LogP contribution in [0.1, 0.15) is 39.0 Å². The van der Waals surface area contributed by atoms with E-state index in [1.165, 1.54) is 32.1 Å². The first-order chi connectivity index (χ1) is 6.36. The van der Waals surface area contributed by atoms with Gasteiger partial charge in [0.1, 0.15) is 0 Å². The third-order valence-corrected chi connectivity index (χ3v) is 3.56. The van der Waals surface area contributed by atoms with Crippen molar-refractivity contribution in [2.75, 3.05) is 0 Å². The summed E-state index contributed by atoms with van der Waals surface area (Å²) < 4.78 is 0. The molecule has 0 aromatic carbocycles. The molecular formula is C13H20. The average Bonchev–Trinajstić information content (AvgIpc) is 2.20. The van der Waals surface area contributed by atoms with Crippen LogP contribution in [0.3, 0.4) is 0 Å². The molecule has 0 nitrogen and oxygen atoms in total. The fourth-order valence-corrected chi connectivity index (χ4v) is 2.58. The van der Waals surface area contributed by atoms with E-state index in [9.17, 15) is 0 Å². The summed E-state index contributed by atoms with van der Waals surface area (Å²) in [7, 11) is 0. The molecule has 2 rings (SSSR count). The maximum Gasteiger partial charge on any atom is -0.0202 e. The summed E-state index contributed by atoms with van der Waals surface area (Å²) in [6, 6.07) is 0. The lowest BCUT2D eigenvalue weighted by atomic mass is 9.76. The van der Waals surface area contributed by atoms with E-state index in [1.54, 1.807) is 0 Å². The minimum absolute atomic E-state index is 0.829. The highest BCUT2D eigenvalue weighted by Gasteiger charge is 2.22. The third-order valence-electron chi connectivity index (χ3n) is 3.56. The normalized spacial score (nSPS) is 39.3. The smallest absolute Gasteiger partial charge is 0.0202 e. The summed E-state index contributed by atoms with van der Waals surface area (Å²) >= 11 is 0. The van der Waals surface area contributed by atoms with Crippen molar-refractivity contribution in [2.24, 2.45) is 17.8 Å². The molecule has 0 radical (unpaired) electrons. The van der Waals surface area contributed by atoms with Crippen molar-refractivity contribution in [1.82, 2.24) is 0 Å². The molecule has 0 N–H and O–H groups in total. The van der Waals surface area contributed by atoms with Gasteiger partial charge in [-0.15, -0.1) is 0 Å². The molecule has 2 aliphatic rings. The maximum absolute atomic E-state index is 2.48. The minimum atomic E-state index is 0.829. The van der Waals surface area contributed by atoms with Gasteiger partial charge in [-0.05, 0) is 49.9 Å². The van der Waals surface area contributed by atoms with Gasteiger partial charge in [-0.1, -0.05) is 31.2 Å². The van der Waals surface area contributed by atoms with Crippen LogP contribution in [0.15, 0.2) is 24.3 Å². The first kappa shape index (κ1) is 9.05. The van der Waals surface area contributed by atoms with Crippen LogP contribution in [0, 0.1) is 17.8 Å². The van der Waals surface area contributed by atoms with Crippen molar-refractivity contribution in [2.45, 2.75) is 39.0 Å². The van der Waals surface area contributed by atoms with E-state index in [0.717, 1.165) is 17.8 Å². The van der Waals surface area contributed by atoms with Gasteiger partial charge in [-0.3, -0.25) is 0 Å². The molecule has 0 aliphatic heterocycles. The van der Waals surface area contributed by atoms with Gasteiger partial charge in [-0.25, -0.2) is 0 Å². The second-order valence-corrected chi connectivity index (χ2v) is 4.65. The molecule has 72 valence electrons. The Hall–Kier alpha value is -0.520. The van der Waals surface area contributed by atoms with Crippen LogP contribution in [0.2, 0.25) is 0 Å². The van der Waals surface area contributed by atoms with Crippen LogP contribution in [0.4, 0.5) is 0 Å². The zero-order valence-corrected chi connectivity index (χ0v) is 8.58. The third kappa shape index (κ3) is 2.24. The predicted molar refractivity (Wildman–Crippen MR) is 57.5 cm³/mol. The summed E-state index contributed by atoms with van der Waals surface area (Å²) in [5.41, 5.74) is 0. The first-order valence-corrected chi connectivity index (χ1v) is 5.69. The highest BCUT2D eigenvalue weighted by atomic mass is 14.3. The van der Waals surface area contributed by atoms with E-state index in [2.05, 4.69) is 31.2 Å². The van der Waals surface area contributed by atoms with Gasteiger partial charge < -0.3 is 0 Å². The van der Waals surface area contributed by atoms with E-state index >= 15 is 0 Å². The van der Waals surface area contributed by atoms with E-state index < -0.39 is 0 Å². The second kappa shape index (κ2) is 4.13. The molecule has 0 bridgehead atoms. The van der Waals surface area contributed by atoms with Gasteiger partial charge in [0.25, 0.3) is 0 Å². The van der Waals surface area contributed by atoms with Crippen LogP contribution >= 0.6 is 0 Å². The van der Waals surface area contributed by atoms with Crippen LogP contribution in [0.5, 0.6) is 0 Å². The Balaban J connectivity index is 1.93. The van der Waals surface area contributed by atoms with Gasteiger partial charge in [0.05, 0.1) is 0 Å². The lowest BCUT2D eigenvalue weighted by Gasteiger charge is -2.29. The molecule has 0 saturated carbocycles. The van der Waals surface area contributed by atoms with Crippen molar-refractivity contribution in [3.63, 3.8) is 0 Å². The molecule has 0 heteroatoms.